The molecule has 2 aliphatic carbocycles. The van der Waals surface area contributed by atoms with Crippen LogP contribution in [0.25, 0.3) is 17.2 Å². The summed E-state index contributed by atoms with van der Waals surface area (Å²) in [5.41, 5.74) is 9.86. The number of pyridine rings is 1. The van der Waals surface area contributed by atoms with Crippen molar-refractivity contribution in [3.63, 3.8) is 0 Å². The number of dihydropyridines is 1. The zero-order chi connectivity index (χ0) is 19.1. The van der Waals surface area contributed by atoms with Gasteiger partial charge in [-0.25, -0.2) is 0 Å². The second-order valence-corrected chi connectivity index (χ2v) is 7.83. The number of aliphatic imine (C=N–C) groups is 1. The van der Waals surface area contributed by atoms with E-state index in [0.29, 0.717) is 0 Å². The standard InChI is InChI=1S/C26H24N2/c1-17-15-23(19-9-5-3-6-10-19)21-13-14-22-24(20-11-7-4-8-12-20)16-18(2)28-26(22)25(21)27-17/h3-7,9-11,13-16,21,25H,8,12H2,1-2H3. The number of benzene rings is 1. The predicted molar refractivity (Wildman–Crippen MR) is 118 cm³/mol. The van der Waals surface area contributed by atoms with Crippen molar-refractivity contribution in [3.8, 4) is 0 Å². The molecule has 138 valence electrons. The molecule has 2 heterocycles. The van der Waals surface area contributed by atoms with Crippen LogP contribution in [0.15, 0.2) is 71.8 Å². The Bertz CT molecular complexity index is 1080. The van der Waals surface area contributed by atoms with Crippen molar-refractivity contribution in [3.05, 3.63) is 94.9 Å². The van der Waals surface area contributed by atoms with E-state index in [-0.39, 0.29) is 12.0 Å². The SMILES string of the molecule is CC1=NC2c3nc(C)cc(C4=CC=CCC4)c3C=CC2C(c2ccccc2)=C1. The Kier molecular flexibility index (Phi) is 4.20. The molecule has 1 aromatic carbocycles. The molecule has 0 bridgehead atoms. The minimum Gasteiger partial charge on any atom is -0.279 e. The van der Waals surface area contributed by atoms with E-state index in [1.165, 1.54) is 27.8 Å². The molecule has 2 unspecified atom stereocenters. The first kappa shape index (κ1) is 17.1. The smallest absolute Gasteiger partial charge is 0.103 e. The second-order valence-electron chi connectivity index (χ2n) is 7.83. The molecule has 0 radical (unpaired) electrons. The monoisotopic (exact) mass is 364 g/mol. The molecule has 0 amide bonds. The van der Waals surface area contributed by atoms with Crippen LogP contribution in [0.2, 0.25) is 0 Å². The molecule has 0 saturated heterocycles. The summed E-state index contributed by atoms with van der Waals surface area (Å²) >= 11 is 0. The van der Waals surface area contributed by atoms with Gasteiger partial charge in [-0.3, -0.25) is 9.98 Å². The van der Waals surface area contributed by atoms with Gasteiger partial charge >= 0.3 is 0 Å². The number of fused-ring (bicyclic) bond motifs is 3. The largest absolute Gasteiger partial charge is 0.279 e. The van der Waals surface area contributed by atoms with Crippen molar-refractivity contribution in [1.29, 1.82) is 0 Å². The molecular weight excluding hydrogens is 340 g/mol. The molecule has 2 aromatic rings. The summed E-state index contributed by atoms with van der Waals surface area (Å²) in [5, 5.41) is 0. The highest BCUT2D eigenvalue weighted by atomic mass is 14.9. The molecule has 5 rings (SSSR count). The minimum atomic E-state index is 0.0542. The van der Waals surface area contributed by atoms with E-state index in [0.717, 1.165) is 29.9 Å². The van der Waals surface area contributed by atoms with Crippen molar-refractivity contribution in [2.75, 3.05) is 0 Å². The summed E-state index contributed by atoms with van der Waals surface area (Å²) in [6, 6.07) is 13.0. The van der Waals surface area contributed by atoms with Crippen LogP contribution in [0.3, 0.4) is 0 Å². The number of aryl methyl sites for hydroxylation is 1. The van der Waals surface area contributed by atoms with Crippen LogP contribution in [0.4, 0.5) is 0 Å². The molecule has 0 spiro atoms. The summed E-state index contributed by atoms with van der Waals surface area (Å²) in [7, 11) is 0. The number of nitrogens with zero attached hydrogens (tertiary/aromatic N) is 2. The topological polar surface area (TPSA) is 25.2 Å². The summed E-state index contributed by atoms with van der Waals surface area (Å²) in [6.45, 7) is 4.20. The Morgan fingerprint density at radius 1 is 1.07 bits per heavy atom. The normalized spacial score (nSPS) is 22.7. The molecule has 3 aliphatic rings. The number of hydrogen-bond donors (Lipinski definition) is 0. The Morgan fingerprint density at radius 2 is 1.93 bits per heavy atom. The van der Waals surface area contributed by atoms with Gasteiger partial charge in [0.1, 0.15) is 6.04 Å². The van der Waals surface area contributed by atoms with Crippen molar-refractivity contribution in [2.24, 2.45) is 10.9 Å². The van der Waals surface area contributed by atoms with Gasteiger partial charge in [-0.05, 0) is 61.1 Å². The fourth-order valence-electron chi connectivity index (χ4n) is 4.58. The third kappa shape index (κ3) is 2.90. The van der Waals surface area contributed by atoms with Gasteiger partial charge < -0.3 is 0 Å². The first-order valence-electron chi connectivity index (χ1n) is 10.1. The Morgan fingerprint density at radius 3 is 2.71 bits per heavy atom. The van der Waals surface area contributed by atoms with E-state index in [9.17, 15) is 0 Å². The van der Waals surface area contributed by atoms with Crippen LogP contribution >= 0.6 is 0 Å². The summed E-state index contributed by atoms with van der Waals surface area (Å²) in [5.74, 6) is 0.237. The highest BCUT2D eigenvalue weighted by molar-refractivity contribution is 6.02. The van der Waals surface area contributed by atoms with Crippen molar-refractivity contribution in [2.45, 2.75) is 32.7 Å². The quantitative estimate of drug-likeness (QED) is 0.608. The summed E-state index contributed by atoms with van der Waals surface area (Å²) in [4.78, 5) is 10.0. The highest BCUT2D eigenvalue weighted by Crippen LogP contribution is 2.46. The first-order valence-corrected chi connectivity index (χ1v) is 10.1. The molecule has 0 saturated carbocycles. The third-order valence-electron chi connectivity index (χ3n) is 5.84. The summed E-state index contributed by atoms with van der Waals surface area (Å²) < 4.78 is 0. The van der Waals surface area contributed by atoms with Gasteiger partial charge in [0.25, 0.3) is 0 Å². The maximum atomic E-state index is 5.04. The van der Waals surface area contributed by atoms with E-state index < -0.39 is 0 Å². The average Bonchev–Trinajstić information content (AvgIpc) is 2.74. The van der Waals surface area contributed by atoms with E-state index >= 15 is 0 Å². The average molecular weight is 364 g/mol. The Hall–Kier alpha value is -3.00. The summed E-state index contributed by atoms with van der Waals surface area (Å²) in [6.07, 6.45) is 15.7. The fourth-order valence-corrected chi connectivity index (χ4v) is 4.58. The van der Waals surface area contributed by atoms with Gasteiger partial charge in [0.15, 0.2) is 0 Å². The van der Waals surface area contributed by atoms with Crippen LogP contribution in [-0.2, 0) is 0 Å². The molecule has 0 N–H and O–H groups in total. The maximum Gasteiger partial charge on any atom is 0.103 e. The lowest BCUT2D eigenvalue weighted by molar-refractivity contribution is 0.602. The first-order chi connectivity index (χ1) is 13.7. The maximum absolute atomic E-state index is 5.04. The van der Waals surface area contributed by atoms with Crippen LogP contribution in [0, 0.1) is 12.8 Å². The van der Waals surface area contributed by atoms with Crippen molar-refractivity contribution in [1.82, 2.24) is 4.98 Å². The van der Waals surface area contributed by atoms with Gasteiger partial charge in [0, 0.05) is 22.9 Å². The van der Waals surface area contributed by atoms with E-state index in [1.54, 1.807) is 0 Å². The zero-order valence-corrected chi connectivity index (χ0v) is 16.4. The molecular formula is C26H24N2. The number of rotatable bonds is 2. The fraction of sp³-hybridized carbons (Fsp3) is 0.231. The van der Waals surface area contributed by atoms with Gasteiger partial charge in [0.2, 0.25) is 0 Å². The van der Waals surface area contributed by atoms with Crippen LogP contribution in [-0.4, -0.2) is 10.7 Å². The van der Waals surface area contributed by atoms with E-state index in [4.69, 9.17) is 9.98 Å². The third-order valence-corrected chi connectivity index (χ3v) is 5.84. The molecule has 2 atom stereocenters. The van der Waals surface area contributed by atoms with E-state index in [1.807, 2.05) is 0 Å². The molecule has 1 aliphatic heterocycles. The predicted octanol–water partition coefficient (Wildman–Crippen LogP) is 6.37. The van der Waals surface area contributed by atoms with Crippen LogP contribution in [0.1, 0.15) is 53.9 Å². The molecule has 28 heavy (non-hydrogen) atoms. The Balaban J connectivity index is 1.65. The van der Waals surface area contributed by atoms with Gasteiger partial charge in [-0.15, -0.1) is 0 Å². The number of aromatic nitrogens is 1. The van der Waals surface area contributed by atoms with Crippen molar-refractivity contribution < 1.29 is 0 Å². The number of hydrogen-bond acceptors (Lipinski definition) is 2. The molecule has 0 fully saturated rings. The highest BCUT2D eigenvalue weighted by Gasteiger charge is 2.34. The van der Waals surface area contributed by atoms with Crippen molar-refractivity contribution >= 4 is 22.9 Å². The molecule has 1 aromatic heterocycles. The lowest BCUT2D eigenvalue weighted by Crippen LogP contribution is -2.22. The molecule has 2 nitrogen and oxygen atoms in total. The zero-order valence-electron chi connectivity index (χ0n) is 16.4. The Labute approximate surface area is 166 Å². The second kappa shape index (κ2) is 6.87. The van der Waals surface area contributed by atoms with Gasteiger partial charge in [0.05, 0.1) is 5.69 Å². The van der Waals surface area contributed by atoms with E-state index in [2.05, 4.69) is 86.7 Å². The minimum absolute atomic E-state index is 0.0542. The van der Waals surface area contributed by atoms with Crippen LogP contribution in [0.5, 0.6) is 0 Å². The lowest BCUT2D eigenvalue weighted by Gasteiger charge is -2.33. The van der Waals surface area contributed by atoms with Crippen LogP contribution < -0.4 is 0 Å². The number of allylic oxidation sites excluding steroid dienone is 5. The van der Waals surface area contributed by atoms with Gasteiger partial charge in [-0.2, -0.15) is 0 Å². The van der Waals surface area contributed by atoms with Gasteiger partial charge in [-0.1, -0.05) is 60.7 Å². The lowest BCUT2D eigenvalue weighted by atomic mass is 9.77. The molecule has 2 heteroatoms.